The first kappa shape index (κ1) is 13.0. The lowest BCUT2D eigenvalue weighted by Gasteiger charge is -2.00. The highest BCUT2D eigenvalue weighted by molar-refractivity contribution is 5.97. The molecular formula is C14H14N2O3. The van der Waals surface area contributed by atoms with Crippen LogP contribution in [0.5, 0.6) is 0 Å². The fourth-order valence-electron chi connectivity index (χ4n) is 2.04. The smallest absolute Gasteiger partial charge is 0.207 e. The summed E-state index contributed by atoms with van der Waals surface area (Å²) < 4.78 is 0. The SMILES string of the molecule is CC(=O)/C=C/c1cccc2[nH]cc(CC[N+](=O)[O-])c12. The molecule has 19 heavy (non-hydrogen) atoms. The molecule has 2 aromatic rings. The van der Waals surface area contributed by atoms with E-state index in [9.17, 15) is 14.9 Å². The van der Waals surface area contributed by atoms with Gasteiger partial charge in [0.25, 0.3) is 0 Å². The number of fused-ring (bicyclic) bond motifs is 1. The van der Waals surface area contributed by atoms with Crippen molar-refractivity contribution in [2.45, 2.75) is 13.3 Å². The van der Waals surface area contributed by atoms with Crippen LogP contribution in [-0.2, 0) is 11.2 Å². The van der Waals surface area contributed by atoms with E-state index >= 15 is 0 Å². The molecule has 0 radical (unpaired) electrons. The van der Waals surface area contributed by atoms with E-state index < -0.39 is 0 Å². The molecule has 0 fully saturated rings. The van der Waals surface area contributed by atoms with Crippen LogP contribution in [0.2, 0.25) is 0 Å². The maximum atomic E-state index is 11.0. The second-order valence-electron chi connectivity index (χ2n) is 4.33. The second-order valence-corrected chi connectivity index (χ2v) is 4.33. The van der Waals surface area contributed by atoms with Gasteiger partial charge >= 0.3 is 0 Å². The number of allylic oxidation sites excluding steroid dienone is 1. The number of carbonyl (C=O) groups is 1. The first-order valence-electron chi connectivity index (χ1n) is 5.97. The van der Waals surface area contributed by atoms with Crippen molar-refractivity contribution in [1.82, 2.24) is 4.98 Å². The third-order valence-corrected chi connectivity index (χ3v) is 2.88. The average molecular weight is 258 g/mol. The van der Waals surface area contributed by atoms with Crippen molar-refractivity contribution in [3.8, 4) is 0 Å². The summed E-state index contributed by atoms with van der Waals surface area (Å²) in [6, 6.07) is 5.69. The van der Waals surface area contributed by atoms with E-state index in [1.54, 1.807) is 12.3 Å². The van der Waals surface area contributed by atoms with Crippen molar-refractivity contribution in [3.05, 3.63) is 51.7 Å². The first-order valence-corrected chi connectivity index (χ1v) is 5.97. The van der Waals surface area contributed by atoms with Crippen molar-refractivity contribution in [1.29, 1.82) is 0 Å². The summed E-state index contributed by atoms with van der Waals surface area (Å²) in [5.41, 5.74) is 2.71. The van der Waals surface area contributed by atoms with Gasteiger partial charge in [-0.05, 0) is 30.2 Å². The van der Waals surface area contributed by atoms with Gasteiger partial charge in [0.15, 0.2) is 5.78 Å². The maximum absolute atomic E-state index is 11.0. The number of nitro groups is 1. The van der Waals surface area contributed by atoms with Crippen LogP contribution in [0.3, 0.4) is 0 Å². The number of aromatic amines is 1. The predicted octanol–water partition coefficient (Wildman–Crippen LogP) is 2.59. The molecule has 1 heterocycles. The molecule has 0 bridgehead atoms. The number of ketones is 1. The molecule has 5 heteroatoms. The Balaban J connectivity index is 2.43. The zero-order chi connectivity index (χ0) is 13.8. The third kappa shape index (κ3) is 3.07. The molecule has 0 amide bonds. The Hall–Kier alpha value is -2.43. The molecule has 0 aliphatic heterocycles. The minimum absolute atomic E-state index is 0.0284. The van der Waals surface area contributed by atoms with Gasteiger partial charge in [0, 0.05) is 28.4 Å². The number of hydrogen-bond acceptors (Lipinski definition) is 3. The summed E-state index contributed by atoms with van der Waals surface area (Å²) >= 11 is 0. The predicted molar refractivity (Wildman–Crippen MR) is 73.6 cm³/mol. The quantitative estimate of drug-likeness (QED) is 0.508. The van der Waals surface area contributed by atoms with Gasteiger partial charge in [-0.25, -0.2) is 0 Å². The molecule has 0 unspecified atom stereocenters. The van der Waals surface area contributed by atoms with Crippen LogP contribution in [-0.4, -0.2) is 22.2 Å². The number of carbonyl (C=O) groups excluding carboxylic acids is 1. The fraction of sp³-hybridized carbons (Fsp3) is 0.214. The molecular weight excluding hydrogens is 244 g/mol. The van der Waals surface area contributed by atoms with Crippen molar-refractivity contribution in [3.63, 3.8) is 0 Å². The minimum atomic E-state index is -0.327. The molecule has 2 rings (SSSR count). The highest BCUT2D eigenvalue weighted by Gasteiger charge is 2.09. The Labute approximate surface area is 110 Å². The number of hydrogen-bond donors (Lipinski definition) is 1. The fourth-order valence-corrected chi connectivity index (χ4v) is 2.04. The summed E-state index contributed by atoms with van der Waals surface area (Å²) in [4.78, 5) is 24.2. The number of nitrogens with zero attached hydrogens (tertiary/aromatic N) is 1. The van der Waals surface area contributed by atoms with E-state index in [0.29, 0.717) is 6.42 Å². The van der Waals surface area contributed by atoms with E-state index in [1.807, 2.05) is 18.2 Å². The molecule has 5 nitrogen and oxygen atoms in total. The standard InChI is InChI=1S/C14H14N2O3/c1-10(17)5-6-11-3-2-4-13-14(11)12(9-15-13)7-8-16(18)19/h2-6,9,15H,7-8H2,1H3/b6-5+. The summed E-state index contributed by atoms with van der Waals surface area (Å²) in [5, 5.41) is 11.4. The number of nitrogens with one attached hydrogen (secondary N) is 1. The van der Waals surface area contributed by atoms with Crippen molar-refractivity contribution >= 4 is 22.8 Å². The topological polar surface area (TPSA) is 76.0 Å². The number of H-pyrrole nitrogens is 1. The van der Waals surface area contributed by atoms with Gasteiger partial charge in [0.1, 0.15) is 0 Å². The van der Waals surface area contributed by atoms with Gasteiger partial charge in [0.2, 0.25) is 6.54 Å². The van der Waals surface area contributed by atoms with Gasteiger partial charge in [0.05, 0.1) is 0 Å². The van der Waals surface area contributed by atoms with E-state index in [0.717, 1.165) is 22.0 Å². The molecule has 1 aromatic heterocycles. The first-order chi connectivity index (χ1) is 9.08. The lowest BCUT2D eigenvalue weighted by atomic mass is 10.0. The van der Waals surface area contributed by atoms with E-state index in [1.165, 1.54) is 13.0 Å². The highest BCUT2D eigenvalue weighted by Crippen LogP contribution is 2.24. The molecule has 98 valence electrons. The molecule has 0 atom stereocenters. The Kier molecular flexibility index (Phi) is 3.75. The number of aromatic nitrogens is 1. The molecule has 0 saturated heterocycles. The van der Waals surface area contributed by atoms with Gasteiger partial charge in [-0.3, -0.25) is 14.9 Å². The van der Waals surface area contributed by atoms with Crippen LogP contribution in [0.4, 0.5) is 0 Å². The van der Waals surface area contributed by atoms with Gasteiger partial charge in [-0.15, -0.1) is 0 Å². The normalized spacial score (nSPS) is 11.2. The van der Waals surface area contributed by atoms with Crippen LogP contribution in [0, 0.1) is 10.1 Å². The lowest BCUT2D eigenvalue weighted by Crippen LogP contribution is -2.03. The van der Waals surface area contributed by atoms with Crippen LogP contribution in [0.15, 0.2) is 30.5 Å². The van der Waals surface area contributed by atoms with Crippen molar-refractivity contribution in [2.75, 3.05) is 6.54 Å². The zero-order valence-electron chi connectivity index (χ0n) is 10.6. The second kappa shape index (κ2) is 5.48. The Morgan fingerprint density at radius 2 is 2.26 bits per heavy atom. The largest absolute Gasteiger partial charge is 0.361 e. The van der Waals surface area contributed by atoms with E-state index in [4.69, 9.17) is 0 Å². The highest BCUT2D eigenvalue weighted by atomic mass is 16.6. The van der Waals surface area contributed by atoms with Crippen LogP contribution < -0.4 is 0 Å². The summed E-state index contributed by atoms with van der Waals surface area (Å²) in [6.07, 6.45) is 5.41. The summed E-state index contributed by atoms with van der Waals surface area (Å²) in [7, 11) is 0. The van der Waals surface area contributed by atoms with E-state index in [2.05, 4.69) is 4.98 Å². The summed E-state index contributed by atoms with van der Waals surface area (Å²) in [5.74, 6) is -0.0284. The van der Waals surface area contributed by atoms with Crippen LogP contribution >= 0.6 is 0 Å². The third-order valence-electron chi connectivity index (χ3n) is 2.88. The van der Waals surface area contributed by atoms with Crippen LogP contribution in [0.1, 0.15) is 18.1 Å². The molecule has 0 aliphatic carbocycles. The van der Waals surface area contributed by atoms with Crippen molar-refractivity contribution in [2.24, 2.45) is 0 Å². The minimum Gasteiger partial charge on any atom is -0.361 e. The monoisotopic (exact) mass is 258 g/mol. The zero-order valence-corrected chi connectivity index (χ0v) is 10.6. The Morgan fingerprint density at radius 1 is 1.47 bits per heavy atom. The molecule has 1 aromatic carbocycles. The molecule has 1 N–H and O–H groups in total. The molecule has 0 aliphatic rings. The van der Waals surface area contributed by atoms with Crippen LogP contribution in [0.25, 0.3) is 17.0 Å². The van der Waals surface area contributed by atoms with Crippen molar-refractivity contribution < 1.29 is 9.72 Å². The molecule has 0 saturated carbocycles. The van der Waals surface area contributed by atoms with E-state index in [-0.39, 0.29) is 17.3 Å². The van der Waals surface area contributed by atoms with Gasteiger partial charge in [-0.2, -0.15) is 0 Å². The van der Waals surface area contributed by atoms with Gasteiger partial charge < -0.3 is 4.98 Å². The average Bonchev–Trinajstić information content (AvgIpc) is 2.77. The Bertz CT molecular complexity index is 656. The maximum Gasteiger partial charge on any atom is 0.207 e. The summed E-state index contributed by atoms with van der Waals surface area (Å²) in [6.45, 7) is 1.39. The van der Waals surface area contributed by atoms with Gasteiger partial charge in [-0.1, -0.05) is 18.2 Å². The molecule has 0 spiro atoms. The number of rotatable bonds is 5. The Morgan fingerprint density at radius 3 is 2.95 bits per heavy atom. The lowest BCUT2D eigenvalue weighted by molar-refractivity contribution is -0.479. The number of benzene rings is 1.